The molecule has 9 nitrogen and oxygen atoms in total. The number of carbonyl (C=O) groups is 1. The van der Waals surface area contributed by atoms with Crippen LogP contribution >= 0.6 is 15.9 Å². The van der Waals surface area contributed by atoms with E-state index >= 15 is 0 Å². The van der Waals surface area contributed by atoms with Crippen LogP contribution in [0.5, 0.6) is 0 Å². The van der Waals surface area contributed by atoms with Crippen LogP contribution in [0.4, 0.5) is 11.4 Å². The Hall–Kier alpha value is -3.45. The number of nitrogens with zero attached hydrogens (tertiary/aromatic N) is 4. The van der Waals surface area contributed by atoms with Gasteiger partial charge in [0, 0.05) is 12.1 Å². The normalized spacial score (nSPS) is 10.5. The highest BCUT2D eigenvalue weighted by Gasteiger charge is 2.17. The summed E-state index contributed by atoms with van der Waals surface area (Å²) < 4.78 is 8.25. The Labute approximate surface area is 167 Å². The Morgan fingerprint density at radius 2 is 2.14 bits per heavy atom. The van der Waals surface area contributed by atoms with Gasteiger partial charge in [0.2, 0.25) is 0 Å². The quantitative estimate of drug-likeness (QED) is 0.469. The number of nitro benzene ring substituents is 1. The van der Waals surface area contributed by atoms with E-state index in [2.05, 4.69) is 26.3 Å². The van der Waals surface area contributed by atoms with Crippen LogP contribution in [0, 0.1) is 35.3 Å². The van der Waals surface area contributed by atoms with Crippen molar-refractivity contribution in [2.45, 2.75) is 20.4 Å². The van der Waals surface area contributed by atoms with Crippen LogP contribution in [0.2, 0.25) is 0 Å². The van der Waals surface area contributed by atoms with Gasteiger partial charge in [-0.05, 0) is 48.0 Å². The van der Waals surface area contributed by atoms with Crippen LogP contribution in [0.3, 0.4) is 0 Å². The molecule has 0 saturated carbocycles. The van der Waals surface area contributed by atoms with Gasteiger partial charge in [0.1, 0.15) is 11.8 Å². The summed E-state index contributed by atoms with van der Waals surface area (Å²) in [6, 6.07) is 8.64. The molecule has 3 rings (SSSR count). The summed E-state index contributed by atoms with van der Waals surface area (Å²) in [7, 11) is 0. The molecule has 1 amide bonds. The van der Waals surface area contributed by atoms with Crippen molar-refractivity contribution in [1.82, 2.24) is 9.78 Å². The molecule has 0 aliphatic rings. The van der Waals surface area contributed by atoms with Crippen molar-refractivity contribution >= 4 is 33.2 Å². The fourth-order valence-corrected chi connectivity index (χ4v) is 2.88. The average molecular weight is 444 g/mol. The van der Waals surface area contributed by atoms with E-state index in [1.54, 1.807) is 10.7 Å². The number of hydrogen-bond donors (Lipinski definition) is 1. The Balaban J connectivity index is 1.77. The Morgan fingerprint density at radius 1 is 1.39 bits per heavy atom. The van der Waals surface area contributed by atoms with Crippen LogP contribution in [-0.2, 0) is 6.54 Å². The smallest absolute Gasteiger partial charge is 0.291 e. The molecule has 28 heavy (non-hydrogen) atoms. The van der Waals surface area contributed by atoms with Gasteiger partial charge in [-0.15, -0.1) is 0 Å². The second-order valence-electron chi connectivity index (χ2n) is 5.96. The number of nitro groups is 1. The standard InChI is InChI=1S/C18H14BrN5O4/c1-10-17(19)11(2)23(22-10)9-14-4-6-16(28-14)18(25)21-15-5-3-13(24(26)27)7-12(15)8-20/h3-7H,9H2,1-2H3,(H,21,25). The third-order valence-electron chi connectivity index (χ3n) is 4.07. The molecule has 0 fully saturated rings. The van der Waals surface area contributed by atoms with Crippen molar-refractivity contribution in [3.63, 3.8) is 0 Å². The lowest BCUT2D eigenvalue weighted by atomic mass is 10.1. The first kappa shape index (κ1) is 19.3. The fraction of sp³-hybridized carbons (Fsp3) is 0.167. The van der Waals surface area contributed by atoms with Gasteiger partial charge < -0.3 is 9.73 Å². The topological polar surface area (TPSA) is 127 Å². The molecule has 1 N–H and O–H groups in total. The first-order valence-electron chi connectivity index (χ1n) is 8.08. The largest absolute Gasteiger partial charge is 0.454 e. The third-order valence-corrected chi connectivity index (χ3v) is 5.21. The molecule has 2 heterocycles. The van der Waals surface area contributed by atoms with Crippen molar-refractivity contribution in [1.29, 1.82) is 5.26 Å². The lowest BCUT2D eigenvalue weighted by molar-refractivity contribution is -0.384. The molecule has 0 radical (unpaired) electrons. The number of anilines is 1. The molecule has 3 aromatic rings. The van der Waals surface area contributed by atoms with Gasteiger partial charge in [0.25, 0.3) is 11.6 Å². The number of benzene rings is 1. The monoisotopic (exact) mass is 443 g/mol. The van der Waals surface area contributed by atoms with Crippen LogP contribution in [0.1, 0.15) is 33.3 Å². The molecular formula is C18H14BrN5O4. The van der Waals surface area contributed by atoms with Gasteiger partial charge >= 0.3 is 0 Å². The van der Waals surface area contributed by atoms with Crippen molar-refractivity contribution < 1.29 is 14.1 Å². The number of hydrogen-bond acceptors (Lipinski definition) is 6. The summed E-state index contributed by atoms with van der Waals surface area (Å²) in [6.07, 6.45) is 0. The van der Waals surface area contributed by atoms with Gasteiger partial charge in [-0.3, -0.25) is 19.6 Å². The van der Waals surface area contributed by atoms with Crippen LogP contribution in [-0.4, -0.2) is 20.6 Å². The zero-order chi connectivity index (χ0) is 20.4. The molecule has 0 aliphatic carbocycles. The summed E-state index contributed by atoms with van der Waals surface area (Å²) in [5, 5.41) is 26.9. The van der Waals surface area contributed by atoms with Gasteiger partial charge in [0.15, 0.2) is 5.76 Å². The summed E-state index contributed by atoms with van der Waals surface area (Å²) >= 11 is 3.46. The number of halogens is 1. The zero-order valence-corrected chi connectivity index (χ0v) is 16.5. The van der Waals surface area contributed by atoms with Gasteiger partial charge in [-0.1, -0.05) is 0 Å². The minimum absolute atomic E-state index is 0.0122. The molecule has 0 bridgehead atoms. The van der Waals surface area contributed by atoms with Crippen molar-refractivity contribution in [3.8, 4) is 6.07 Å². The van der Waals surface area contributed by atoms with Crippen molar-refractivity contribution in [3.05, 3.63) is 73.4 Å². The Bertz CT molecular complexity index is 1130. The van der Waals surface area contributed by atoms with E-state index in [9.17, 15) is 14.9 Å². The van der Waals surface area contributed by atoms with E-state index in [1.165, 1.54) is 18.2 Å². The summed E-state index contributed by atoms with van der Waals surface area (Å²) in [5.41, 5.74) is 1.71. The van der Waals surface area contributed by atoms with Crippen LogP contribution < -0.4 is 5.32 Å². The zero-order valence-electron chi connectivity index (χ0n) is 14.9. The van der Waals surface area contributed by atoms with Crippen LogP contribution in [0.25, 0.3) is 0 Å². The van der Waals surface area contributed by atoms with Crippen molar-refractivity contribution in [2.75, 3.05) is 5.32 Å². The molecule has 0 unspecified atom stereocenters. The number of rotatable bonds is 5. The lowest BCUT2D eigenvalue weighted by Crippen LogP contribution is -2.12. The van der Waals surface area contributed by atoms with E-state index in [0.717, 1.165) is 21.9 Å². The van der Waals surface area contributed by atoms with Crippen molar-refractivity contribution in [2.24, 2.45) is 0 Å². The predicted octanol–water partition coefficient (Wildman–Crippen LogP) is 3.94. The summed E-state index contributed by atoms with van der Waals surface area (Å²) in [6.45, 7) is 4.15. The first-order valence-corrected chi connectivity index (χ1v) is 8.87. The van der Waals surface area contributed by atoms with Gasteiger partial charge in [-0.25, -0.2) is 0 Å². The highest BCUT2D eigenvalue weighted by molar-refractivity contribution is 9.10. The summed E-state index contributed by atoms with van der Waals surface area (Å²) in [4.78, 5) is 22.6. The minimum atomic E-state index is -0.609. The number of nitriles is 1. The Morgan fingerprint density at radius 3 is 2.75 bits per heavy atom. The number of non-ortho nitro benzene ring substituents is 1. The highest BCUT2D eigenvalue weighted by atomic mass is 79.9. The second-order valence-corrected chi connectivity index (χ2v) is 6.75. The van der Waals surface area contributed by atoms with E-state index < -0.39 is 10.8 Å². The number of aromatic nitrogens is 2. The number of amides is 1. The third kappa shape index (κ3) is 3.79. The predicted molar refractivity (Wildman–Crippen MR) is 103 cm³/mol. The summed E-state index contributed by atoms with van der Waals surface area (Å²) in [5.74, 6) is 0.0245. The number of nitrogens with one attached hydrogen (secondary N) is 1. The maximum Gasteiger partial charge on any atom is 0.291 e. The molecule has 1 aromatic carbocycles. The highest BCUT2D eigenvalue weighted by Crippen LogP contribution is 2.23. The SMILES string of the molecule is Cc1nn(Cc2ccc(C(=O)Nc3ccc([N+](=O)[O-])cc3C#N)o2)c(C)c1Br. The second kappa shape index (κ2) is 7.66. The van der Waals surface area contributed by atoms with Gasteiger partial charge in [0.05, 0.1) is 38.6 Å². The maximum absolute atomic E-state index is 12.4. The maximum atomic E-state index is 12.4. The first-order chi connectivity index (χ1) is 13.3. The number of carbonyl (C=O) groups excluding carboxylic acids is 1. The van der Waals surface area contributed by atoms with Crippen LogP contribution in [0.15, 0.2) is 39.2 Å². The van der Waals surface area contributed by atoms with E-state index in [1.807, 2.05) is 19.9 Å². The van der Waals surface area contributed by atoms with E-state index in [4.69, 9.17) is 9.68 Å². The molecule has 0 atom stereocenters. The van der Waals surface area contributed by atoms with E-state index in [0.29, 0.717) is 12.3 Å². The van der Waals surface area contributed by atoms with Gasteiger partial charge in [-0.2, -0.15) is 10.4 Å². The molecule has 2 aromatic heterocycles. The molecular weight excluding hydrogens is 430 g/mol. The fourth-order valence-electron chi connectivity index (χ4n) is 2.59. The Kier molecular flexibility index (Phi) is 5.28. The number of aryl methyl sites for hydroxylation is 1. The van der Waals surface area contributed by atoms with E-state index in [-0.39, 0.29) is 22.7 Å². The molecule has 10 heteroatoms. The minimum Gasteiger partial charge on any atom is -0.454 e. The average Bonchev–Trinajstić information content (AvgIpc) is 3.23. The number of furan rings is 1. The molecule has 0 aliphatic heterocycles. The molecule has 0 saturated heterocycles. The molecule has 142 valence electrons. The molecule has 0 spiro atoms. The lowest BCUT2D eigenvalue weighted by Gasteiger charge is -2.05.